The fourth-order valence-corrected chi connectivity index (χ4v) is 5.70. The average molecular weight is 457 g/mol. The van der Waals surface area contributed by atoms with E-state index in [0.717, 1.165) is 24.8 Å². The third kappa shape index (κ3) is 3.95. The number of furan rings is 1. The molecule has 8 heteroatoms. The summed E-state index contributed by atoms with van der Waals surface area (Å²) in [5.41, 5.74) is 2.65. The van der Waals surface area contributed by atoms with E-state index in [4.69, 9.17) is 9.15 Å². The van der Waals surface area contributed by atoms with Gasteiger partial charge in [0.25, 0.3) is 15.9 Å². The quantitative estimate of drug-likeness (QED) is 0.596. The lowest BCUT2D eigenvalue weighted by Gasteiger charge is -2.25. The molecule has 4 rings (SSSR count). The molecule has 2 heterocycles. The number of carbonyl (C=O) groups excluding carboxylic acids is 1. The summed E-state index contributed by atoms with van der Waals surface area (Å²) in [6.07, 6.45) is 3.04. The lowest BCUT2D eigenvalue weighted by atomic mass is 10.0. The molecule has 0 bridgehead atoms. The van der Waals surface area contributed by atoms with Crippen LogP contribution in [0.1, 0.15) is 46.5 Å². The van der Waals surface area contributed by atoms with E-state index in [-0.39, 0.29) is 22.1 Å². The number of fused-ring (bicyclic) bond motifs is 1. The highest BCUT2D eigenvalue weighted by molar-refractivity contribution is 7.93. The van der Waals surface area contributed by atoms with Crippen molar-refractivity contribution in [1.29, 1.82) is 0 Å². The first kappa shape index (κ1) is 22.2. The third-order valence-electron chi connectivity index (χ3n) is 6.12. The Kier molecular flexibility index (Phi) is 5.90. The summed E-state index contributed by atoms with van der Waals surface area (Å²) in [4.78, 5) is 15.0. The molecule has 1 amide bonds. The number of methoxy groups -OCH3 is 1. The van der Waals surface area contributed by atoms with Crippen molar-refractivity contribution in [2.75, 3.05) is 24.9 Å². The largest absolute Gasteiger partial charge is 0.497 e. The molecule has 1 aliphatic rings. The molecule has 170 valence electrons. The van der Waals surface area contributed by atoms with Crippen LogP contribution in [0.15, 0.2) is 39.6 Å². The minimum atomic E-state index is -4.00. The number of hydrogen-bond acceptors (Lipinski definition) is 5. The minimum Gasteiger partial charge on any atom is -0.497 e. The lowest BCUT2D eigenvalue weighted by molar-refractivity contribution is 0.0693. The Morgan fingerprint density at radius 1 is 1.06 bits per heavy atom. The van der Waals surface area contributed by atoms with Crippen LogP contribution < -0.4 is 9.46 Å². The fourth-order valence-electron chi connectivity index (χ4n) is 4.20. The van der Waals surface area contributed by atoms with E-state index in [0.29, 0.717) is 41.0 Å². The molecule has 1 aromatic heterocycles. The number of aryl methyl sites for hydroxylation is 2. The zero-order valence-corrected chi connectivity index (χ0v) is 19.6. The van der Waals surface area contributed by atoms with Gasteiger partial charge >= 0.3 is 0 Å². The first-order valence-electron chi connectivity index (χ1n) is 10.7. The molecule has 1 N–H and O–H groups in total. The molecule has 7 nitrogen and oxygen atoms in total. The van der Waals surface area contributed by atoms with Crippen LogP contribution in [0.4, 0.5) is 5.69 Å². The van der Waals surface area contributed by atoms with E-state index in [1.165, 1.54) is 7.11 Å². The van der Waals surface area contributed by atoms with E-state index in [1.54, 1.807) is 36.1 Å². The predicted molar refractivity (Wildman–Crippen MR) is 124 cm³/mol. The molecule has 1 saturated heterocycles. The van der Waals surface area contributed by atoms with Crippen LogP contribution >= 0.6 is 0 Å². The summed E-state index contributed by atoms with van der Waals surface area (Å²) < 4.78 is 40.8. The average Bonchev–Trinajstić information content (AvgIpc) is 3.09. The minimum absolute atomic E-state index is 0.0520. The number of hydrogen-bond donors (Lipinski definition) is 1. The normalized spacial score (nSPS) is 14.6. The summed E-state index contributed by atoms with van der Waals surface area (Å²) in [6.45, 7) is 6.80. The van der Waals surface area contributed by atoms with Gasteiger partial charge in [0, 0.05) is 30.1 Å². The van der Waals surface area contributed by atoms with Gasteiger partial charge in [-0.05, 0) is 69.4 Å². The van der Waals surface area contributed by atoms with Crippen molar-refractivity contribution >= 4 is 32.6 Å². The number of anilines is 1. The number of nitrogens with one attached hydrogen (secondary N) is 1. The molecular formula is C24H28N2O5S. The molecular weight excluding hydrogens is 428 g/mol. The molecule has 0 atom stereocenters. The van der Waals surface area contributed by atoms with Crippen molar-refractivity contribution in [3.8, 4) is 5.75 Å². The van der Waals surface area contributed by atoms with Crippen LogP contribution in [0, 0.1) is 20.8 Å². The summed E-state index contributed by atoms with van der Waals surface area (Å²) in [5.74, 6) is 0.571. The van der Waals surface area contributed by atoms with Crippen molar-refractivity contribution in [3.05, 3.63) is 52.8 Å². The summed E-state index contributed by atoms with van der Waals surface area (Å²) >= 11 is 0. The maximum Gasteiger partial charge on any atom is 0.289 e. The molecule has 32 heavy (non-hydrogen) atoms. The van der Waals surface area contributed by atoms with Gasteiger partial charge in [-0.1, -0.05) is 6.07 Å². The number of carbonyl (C=O) groups is 1. The fraction of sp³-hybridized carbons (Fsp3) is 0.375. The third-order valence-corrected chi connectivity index (χ3v) is 7.65. The van der Waals surface area contributed by atoms with Crippen molar-refractivity contribution < 1.29 is 22.4 Å². The predicted octanol–water partition coefficient (Wildman–Crippen LogP) is 4.79. The molecule has 0 spiro atoms. The molecule has 2 aromatic carbocycles. The lowest BCUT2D eigenvalue weighted by Crippen LogP contribution is -2.35. The molecule has 0 unspecified atom stereocenters. The molecule has 1 aliphatic heterocycles. The Hall–Kier alpha value is -3.00. The van der Waals surface area contributed by atoms with Gasteiger partial charge < -0.3 is 14.1 Å². The van der Waals surface area contributed by atoms with Crippen LogP contribution in [-0.4, -0.2) is 39.4 Å². The zero-order valence-electron chi connectivity index (χ0n) is 18.8. The molecule has 3 aromatic rings. The first-order valence-corrected chi connectivity index (χ1v) is 12.2. The maximum absolute atomic E-state index is 13.5. The summed E-state index contributed by atoms with van der Waals surface area (Å²) in [5, 5.41) is 0.638. The second-order valence-electron chi connectivity index (χ2n) is 8.27. The van der Waals surface area contributed by atoms with E-state index < -0.39 is 10.0 Å². The van der Waals surface area contributed by atoms with Crippen LogP contribution in [0.3, 0.4) is 0 Å². The number of ether oxygens (including phenoxy) is 1. The second-order valence-corrected chi connectivity index (χ2v) is 9.89. The Balaban J connectivity index is 1.83. The maximum atomic E-state index is 13.5. The van der Waals surface area contributed by atoms with E-state index >= 15 is 0 Å². The number of benzene rings is 2. The number of nitrogens with zero attached hydrogens (tertiary/aromatic N) is 1. The van der Waals surface area contributed by atoms with Crippen LogP contribution in [0.5, 0.6) is 5.75 Å². The number of amides is 1. The Labute approximate surface area is 188 Å². The highest BCUT2D eigenvalue weighted by Gasteiger charge is 2.30. The Morgan fingerprint density at radius 3 is 2.47 bits per heavy atom. The van der Waals surface area contributed by atoms with Crippen molar-refractivity contribution in [3.63, 3.8) is 0 Å². The van der Waals surface area contributed by atoms with Crippen molar-refractivity contribution in [1.82, 2.24) is 4.90 Å². The van der Waals surface area contributed by atoms with Crippen LogP contribution in [0.25, 0.3) is 11.0 Å². The topological polar surface area (TPSA) is 88.8 Å². The zero-order chi connectivity index (χ0) is 23.0. The molecule has 0 aliphatic carbocycles. The van der Waals surface area contributed by atoms with Gasteiger partial charge in [-0.2, -0.15) is 0 Å². The van der Waals surface area contributed by atoms with E-state index in [9.17, 15) is 13.2 Å². The second kappa shape index (κ2) is 8.50. The number of piperidine rings is 1. The highest BCUT2D eigenvalue weighted by atomic mass is 32.2. The van der Waals surface area contributed by atoms with Crippen molar-refractivity contribution in [2.45, 2.75) is 44.9 Å². The Bertz CT molecular complexity index is 1290. The number of likely N-dealkylation sites (tertiary alicyclic amines) is 1. The van der Waals surface area contributed by atoms with Crippen molar-refractivity contribution in [2.24, 2.45) is 0 Å². The van der Waals surface area contributed by atoms with Gasteiger partial charge in [-0.15, -0.1) is 0 Å². The molecule has 1 fully saturated rings. The SMILES string of the molecule is COc1cccc(NS(=O)(=O)c2c(C)c(C)cc3c(C)c(C(=O)N4CCCCC4)oc23)c1. The van der Waals surface area contributed by atoms with Crippen LogP contribution in [0.2, 0.25) is 0 Å². The van der Waals surface area contributed by atoms with E-state index in [2.05, 4.69) is 4.72 Å². The van der Waals surface area contributed by atoms with Gasteiger partial charge in [0.2, 0.25) is 0 Å². The summed E-state index contributed by atoms with van der Waals surface area (Å²) in [7, 11) is -2.47. The van der Waals surface area contributed by atoms with Crippen LogP contribution in [-0.2, 0) is 10.0 Å². The first-order chi connectivity index (χ1) is 15.2. The van der Waals surface area contributed by atoms with Gasteiger partial charge in [0.15, 0.2) is 11.3 Å². The Morgan fingerprint density at radius 2 is 1.78 bits per heavy atom. The number of rotatable bonds is 5. The summed E-state index contributed by atoms with van der Waals surface area (Å²) in [6, 6.07) is 8.60. The molecule has 0 saturated carbocycles. The molecule has 0 radical (unpaired) electrons. The van der Waals surface area contributed by atoms with Gasteiger partial charge in [0.05, 0.1) is 12.8 Å². The monoisotopic (exact) mass is 456 g/mol. The highest BCUT2D eigenvalue weighted by Crippen LogP contribution is 2.36. The van der Waals surface area contributed by atoms with Gasteiger partial charge in [-0.25, -0.2) is 8.42 Å². The van der Waals surface area contributed by atoms with E-state index in [1.807, 2.05) is 19.9 Å². The van der Waals surface area contributed by atoms with Gasteiger partial charge in [0.1, 0.15) is 10.6 Å². The number of sulfonamides is 1. The van der Waals surface area contributed by atoms with Gasteiger partial charge in [-0.3, -0.25) is 9.52 Å². The standard InChI is InChI=1S/C24H28N2O5S/c1-15-13-20-17(3)21(24(27)26-11-6-5-7-12-26)31-22(20)23(16(15)2)32(28,29)25-18-9-8-10-19(14-18)30-4/h8-10,13-14,25H,5-7,11-12H2,1-4H3. The smallest absolute Gasteiger partial charge is 0.289 e.